The van der Waals surface area contributed by atoms with Crippen LogP contribution >= 0.6 is 11.3 Å². The Morgan fingerprint density at radius 1 is 1.42 bits per heavy atom. The maximum atomic E-state index is 12.8. The van der Waals surface area contributed by atoms with Crippen LogP contribution in [-0.2, 0) is 11.2 Å². The number of amides is 1. The molecule has 3 aromatic rings. The summed E-state index contributed by atoms with van der Waals surface area (Å²) in [6.45, 7) is 3.60. The molecule has 1 aliphatic heterocycles. The molecule has 4 rings (SSSR count). The zero-order valence-corrected chi connectivity index (χ0v) is 14.5. The molecule has 0 N–H and O–H groups in total. The summed E-state index contributed by atoms with van der Waals surface area (Å²) in [5.74, 6) is 0.566. The topological polar surface area (TPSA) is 50.5 Å². The van der Waals surface area contributed by atoms with Crippen LogP contribution in [0.5, 0.6) is 0 Å². The molecule has 0 bridgehead atoms. The molecule has 1 aliphatic rings. The summed E-state index contributed by atoms with van der Waals surface area (Å²) in [6.07, 6.45) is 6.39. The molecule has 0 saturated carbocycles. The van der Waals surface area contributed by atoms with Crippen LogP contribution in [0, 0.1) is 6.92 Å². The van der Waals surface area contributed by atoms with Crippen molar-refractivity contribution in [3.8, 4) is 0 Å². The Hall–Kier alpha value is -2.21. The molecular formula is C18H20N4OS. The molecule has 0 aliphatic carbocycles. The van der Waals surface area contributed by atoms with Crippen molar-refractivity contribution in [2.24, 2.45) is 0 Å². The van der Waals surface area contributed by atoms with Gasteiger partial charge in [-0.25, -0.2) is 9.97 Å². The lowest BCUT2D eigenvalue weighted by Crippen LogP contribution is -2.40. The molecule has 6 heteroatoms. The summed E-state index contributed by atoms with van der Waals surface area (Å²) in [4.78, 5) is 23.8. The standard InChI is InChI=1S/C18H20N4OS/c1-13-15(22-9-3-2-6-16(22)20-13)11-17(23)21-8-4-5-14(12-21)18-19-7-10-24-18/h2-3,6-7,9-10,14H,4-5,8,11-12H2,1H3/t14-/m1/s1. The fraction of sp³-hybridized carbons (Fsp3) is 0.389. The lowest BCUT2D eigenvalue weighted by atomic mass is 9.98. The van der Waals surface area contributed by atoms with Gasteiger partial charge in [-0.3, -0.25) is 4.79 Å². The fourth-order valence-corrected chi connectivity index (χ4v) is 4.24. The van der Waals surface area contributed by atoms with Gasteiger partial charge in [-0.15, -0.1) is 11.3 Å². The third kappa shape index (κ3) is 2.82. The Balaban J connectivity index is 1.52. The second-order valence-electron chi connectivity index (χ2n) is 6.30. The summed E-state index contributed by atoms with van der Waals surface area (Å²) in [7, 11) is 0. The largest absolute Gasteiger partial charge is 0.342 e. The lowest BCUT2D eigenvalue weighted by molar-refractivity contribution is -0.131. The van der Waals surface area contributed by atoms with Crippen LogP contribution in [0.2, 0.25) is 0 Å². The van der Waals surface area contributed by atoms with Gasteiger partial charge in [-0.1, -0.05) is 6.07 Å². The van der Waals surface area contributed by atoms with E-state index in [-0.39, 0.29) is 5.91 Å². The summed E-state index contributed by atoms with van der Waals surface area (Å²) in [5, 5.41) is 3.16. The van der Waals surface area contributed by atoms with E-state index in [0.29, 0.717) is 12.3 Å². The fourth-order valence-electron chi connectivity index (χ4n) is 3.47. The number of aromatic nitrogens is 3. The number of nitrogens with zero attached hydrogens (tertiary/aromatic N) is 4. The molecule has 3 aromatic heterocycles. The van der Waals surface area contributed by atoms with Crippen LogP contribution in [0.3, 0.4) is 0 Å². The number of carbonyl (C=O) groups is 1. The van der Waals surface area contributed by atoms with Gasteiger partial charge in [0.15, 0.2) is 0 Å². The van der Waals surface area contributed by atoms with E-state index >= 15 is 0 Å². The zero-order chi connectivity index (χ0) is 16.5. The van der Waals surface area contributed by atoms with Gasteiger partial charge >= 0.3 is 0 Å². The maximum Gasteiger partial charge on any atom is 0.228 e. The predicted molar refractivity (Wildman–Crippen MR) is 94.3 cm³/mol. The Labute approximate surface area is 145 Å². The molecule has 24 heavy (non-hydrogen) atoms. The Morgan fingerprint density at radius 3 is 3.17 bits per heavy atom. The van der Waals surface area contributed by atoms with Crippen molar-refractivity contribution >= 4 is 22.9 Å². The number of thiazole rings is 1. The monoisotopic (exact) mass is 340 g/mol. The number of carbonyl (C=O) groups excluding carboxylic acids is 1. The highest BCUT2D eigenvalue weighted by molar-refractivity contribution is 7.09. The number of hydrogen-bond acceptors (Lipinski definition) is 4. The second kappa shape index (κ2) is 6.36. The van der Waals surface area contributed by atoms with Gasteiger partial charge in [-0.05, 0) is 31.9 Å². The molecule has 1 saturated heterocycles. The Bertz CT molecular complexity index is 855. The average Bonchev–Trinajstić information content (AvgIpc) is 3.24. The van der Waals surface area contributed by atoms with Crippen LogP contribution in [-0.4, -0.2) is 38.3 Å². The van der Waals surface area contributed by atoms with Crippen LogP contribution in [0.15, 0.2) is 36.0 Å². The van der Waals surface area contributed by atoms with Crippen molar-refractivity contribution < 1.29 is 4.79 Å². The highest BCUT2D eigenvalue weighted by atomic mass is 32.1. The molecule has 1 amide bonds. The first-order valence-corrected chi connectivity index (χ1v) is 9.20. The van der Waals surface area contributed by atoms with Crippen molar-refractivity contribution in [1.82, 2.24) is 19.3 Å². The normalized spacial score (nSPS) is 18.2. The van der Waals surface area contributed by atoms with Crippen molar-refractivity contribution in [2.45, 2.75) is 32.1 Å². The van der Waals surface area contributed by atoms with Gasteiger partial charge in [0.05, 0.1) is 22.8 Å². The summed E-state index contributed by atoms with van der Waals surface area (Å²) in [6, 6.07) is 5.92. The quantitative estimate of drug-likeness (QED) is 0.736. The van der Waals surface area contributed by atoms with Crippen molar-refractivity contribution in [3.63, 3.8) is 0 Å². The van der Waals surface area contributed by atoms with Crippen molar-refractivity contribution in [3.05, 3.63) is 52.4 Å². The van der Waals surface area contributed by atoms with E-state index in [1.54, 1.807) is 11.3 Å². The van der Waals surface area contributed by atoms with Crippen LogP contribution < -0.4 is 0 Å². The maximum absolute atomic E-state index is 12.8. The second-order valence-corrected chi connectivity index (χ2v) is 7.22. The van der Waals surface area contributed by atoms with E-state index in [1.165, 1.54) is 0 Å². The third-order valence-electron chi connectivity index (χ3n) is 4.72. The number of aryl methyl sites for hydroxylation is 1. The average molecular weight is 340 g/mol. The minimum atomic E-state index is 0.185. The first-order chi connectivity index (χ1) is 11.7. The molecular weight excluding hydrogens is 320 g/mol. The summed E-state index contributed by atoms with van der Waals surface area (Å²) < 4.78 is 2.02. The van der Waals surface area contributed by atoms with Crippen LogP contribution in [0.1, 0.15) is 35.2 Å². The highest BCUT2D eigenvalue weighted by Crippen LogP contribution is 2.28. The number of piperidine rings is 1. The van der Waals surface area contributed by atoms with E-state index in [4.69, 9.17) is 0 Å². The van der Waals surface area contributed by atoms with Gasteiger partial charge in [0.25, 0.3) is 0 Å². The Morgan fingerprint density at radius 2 is 2.33 bits per heavy atom. The van der Waals surface area contributed by atoms with Gasteiger partial charge in [0, 0.05) is 36.8 Å². The molecule has 0 aromatic carbocycles. The molecule has 1 fully saturated rings. The minimum absolute atomic E-state index is 0.185. The molecule has 5 nitrogen and oxygen atoms in total. The highest BCUT2D eigenvalue weighted by Gasteiger charge is 2.27. The minimum Gasteiger partial charge on any atom is -0.342 e. The number of pyridine rings is 1. The first-order valence-electron chi connectivity index (χ1n) is 8.32. The number of likely N-dealkylation sites (tertiary alicyclic amines) is 1. The lowest BCUT2D eigenvalue weighted by Gasteiger charge is -2.32. The van der Waals surface area contributed by atoms with Crippen molar-refractivity contribution in [2.75, 3.05) is 13.1 Å². The number of hydrogen-bond donors (Lipinski definition) is 0. The smallest absolute Gasteiger partial charge is 0.228 e. The van der Waals surface area contributed by atoms with Crippen LogP contribution in [0.4, 0.5) is 0 Å². The summed E-state index contributed by atoms with van der Waals surface area (Å²) in [5.41, 5.74) is 2.83. The van der Waals surface area contributed by atoms with Gasteiger partial charge in [0.1, 0.15) is 5.65 Å². The van der Waals surface area contributed by atoms with E-state index < -0.39 is 0 Å². The molecule has 1 atom stereocenters. The van der Waals surface area contributed by atoms with E-state index in [2.05, 4.69) is 9.97 Å². The van der Waals surface area contributed by atoms with Crippen molar-refractivity contribution in [1.29, 1.82) is 0 Å². The predicted octanol–water partition coefficient (Wildman–Crippen LogP) is 3.05. The number of imidazole rings is 1. The third-order valence-corrected chi connectivity index (χ3v) is 5.66. The SMILES string of the molecule is Cc1nc2ccccn2c1CC(=O)N1CCC[C@@H](c2nccs2)C1. The summed E-state index contributed by atoms with van der Waals surface area (Å²) >= 11 is 1.69. The van der Waals surface area contributed by atoms with Gasteiger partial charge in [-0.2, -0.15) is 0 Å². The van der Waals surface area contributed by atoms with E-state index in [0.717, 1.165) is 48.0 Å². The molecule has 124 valence electrons. The first kappa shape index (κ1) is 15.3. The Kier molecular flexibility index (Phi) is 4.06. The molecule has 4 heterocycles. The van der Waals surface area contributed by atoms with E-state index in [1.807, 2.05) is 52.2 Å². The van der Waals surface area contributed by atoms with Crippen LogP contribution in [0.25, 0.3) is 5.65 Å². The molecule has 0 unspecified atom stereocenters. The zero-order valence-electron chi connectivity index (χ0n) is 13.7. The molecule has 0 spiro atoms. The number of rotatable bonds is 3. The van der Waals surface area contributed by atoms with Gasteiger partial charge < -0.3 is 9.30 Å². The van der Waals surface area contributed by atoms with E-state index in [9.17, 15) is 4.79 Å². The van der Waals surface area contributed by atoms with Gasteiger partial charge in [0.2, 0.25) is 5.91 Å². The molecule has 0 radical (unpaired) electrons. The number of fused-ring (bicyclic) bond motifs is 1.